The van der Waals surface area contributed by atoms with Gasteiger partial charge in [0.2, 0.25) is 18.0 Å². The zero-order valence-corrected chi connectivity index (χ0v) is 26.6. The van der Waals surface area contributed by atoms with Crippen LogP contribution in [-0.4, -0.2) is 68.2 Å². The molecule has 9 heteroatoms. The SMILES string of the molecule is CCN1C[C@@H](CO[Si](C(C)C)(C(C)C)C(C)C)N(C(=O)OC(C)(C)C)Cc2c1nc[n+]1c2N2CCC[C@H]2C1. The summed E-state index contributed by atoms with van der Waals surface area (Å²) in [6, 6.07) is 0.407. The minimum absolute atomic E-state index is 0.126. The summed E-state index contributed by atoms with van der Waals surface area (Å²) in [6.45, 7) is 26.5. The van der Waals surface area contributed by atoms with Gasteiger partial charge in [0.25, 0.3) is 0 Å². The Labute approximate surface area is 231 Å². The van der Waals surface area contributed by atoms with E-state index in [0.717, 1.165) is 31.0 Å². The zero-order valence-electron chi connectivity index (χ0n) is 25.6. The quantitative estimate of drug-likeness (QED) is 0.333. The minimum atomic E-state index is -2.11. The summed E-state index contributed by atoms with van der Waals surface area (Å²) < 4.78 is 15.4. The van der Waals surface area contributed by atoms with Crippen LogP contribution in [0, 0.1) is 0 Å². The van der Waals surface area contributed by atoms with Crippen LogP contribution in [0.5, 0.6) is 0 Å². The molecule has 1 amide bonds. The molecule has 38 heavy (non-hydrogen) atoms. The first-order valence-electron chi connectivity index (χ1n) is 14.9. The Morgan fingerprint density at radius 3 is 2.39 bits per heavy atom. The third-order valence-electron chi connectivity index (χ3n) is 8.93. The van der Waals surface area contributed by atoms with Gasteiger partial charge >= 0.3 is 6.09 Å². The average Bonchev–Trinajstić information content (AvgIpc) is 3.35. The lowest BCUT2D eigenvalue weighted by Gasteiger charge is -2.44. The van der Waals surface area contributed by atoms with Crippen molar-refractivity contribution in [2.75, 3.05) is 36.0 Å². The van der Waals surface area contributed by atoms with Crippen LogP contribution < -0.4 is 14.4 Å². The second-order valence-electron chi connectivity index (χ2n) is 13.4. The summed E-state index contributed by atoms with van der Waals surface area (Å²) in [5.41, 5.74) is 2.02. The van der Waals surface area contributed by atoms with Gasteiger partial charge in [-0.15, -0.1) is 0 Å². The molecule has 4 heterocycles. The van der Waals surface area contributed by atoms with E-state index < -0.39 is 13.9 Å². The van der Waals surface area contributed by atoms with E-state index in [9.17, 15) is 4.79 Å². The van der Waals surface area contributed by atoms with Gasteiger partial charge in [-0.3, -0.25) is 9.80 Å². The number of hydrogen-bond acceptors (Lipinski definition) is 6. The summed E-state index contributed by atoms with van der Waals surface area (Å²) in [4.78, 5) is 25.7. The number of hydrogen-bond donors (Lipinski definition) is 0. The number of rotatable bonds is 7. The summed E-state index contributed by atoms with van der Waals surface area (Å²) >= 11 is 0. The number of nitrogens with zero attached hydrogens (tertiary/aromatic N) is 5. The molecule has 1 saturated heterocycles. The van der Waals surface area contributed by atoms with Crippen LogP contribution in [0.3, 0.4) is 0 Å². The van der Waals surface area contributed by atoms with Crippen LogP contribution in [0.1, 0.15) is 87.6 Å². The number of fused-ring (bicyclic) bond motifs is 5. The Balaban J connectivity index is 1.74. The van der Waals surface area contributed by atoms with E-state index in [0.29, 0.717) is 42.4 Å². The molecule has 3 aliphatic heterocycles. The van der Waals surface area contributed by atoms with Gasteiger partial charge in [-0.1, -0.05) is 46.5 Å². The Bertz CT molecular complexity index is 987. The van der Waals surface area contributed by atoms with E-state index in [4.69, 9.17) is 14.1 Å². The molecule has 0 aromatic carbocycles. The number of amides is 1. The van der Waals surface area contributed by atoms with Gasteiger partial charge in [0.15, 0.2) is 8.32 Å². The molecule has 3 aliphatic rings. The molecular formula is C29H52N5O3Si+. The van der Waals surface area contributed by atoms with Gasteiger partial charge in [0, 0.05) is 13.1 Å². The molecule has 214 valence electrons. The normalized spacial score (nSPS) is 21.8. The highest BCUT2D eigenvalue weighted by Crippen LogP contribution is 2.43. The van der Waals surface area contributed by atoms with E-state index in [1.165, 1.54) is 18.7 Å². The van der Waals surface area contributed by atoms with Crippen molar-refractivity contribution in [1.29, 1.82) is 0 Å². The van der Waals surface area contributed by atoms with Gasteiger partial charge in [-0.05, 0) is 57.2 Å². The fourth-order valence-corrected chi connectivity index (χ4v) is 12.9. The second kappa shape index (κ2) is 10.9. The highest BCUT2D eigenvalue weighted by molar-refractivity contribution is 6.77. The van der Waals surface area contributed by atoms with Crippen molar-refractivity contribution in [3.63, 3.8) is 0 Å². The van der Waals surface area contributed by atoms with Gasteiger partial charge in [0.05, 0.1) is 25.7 Å². The van der Waals surface area contributed by atoms with Crippen molar-refractivity contribution in [2.45, 2.75) is 129 Å². The third kappa shape index (κ3) is 5.29. The van der Waals surface area contributed by atoms with Crippen molar-refractivity contribution >= 4 is 26.0 Å². The van der Waals surface area contributed by atoms with Crippen LogP contribution in [0.25, 0.3) is 0 Å². The molecule has 0 saturated carbocycles. The third-order valence-corrected chi connectivity index (χ3v) is 15.0. The molecule has 0 aliphatic carbocycles. The summed E-state index contributed by atoms with van der Waals surface area (Å²) in [6.07, 6.45) is 4.18. The number of likely N-dealkylation sites (N-methyl/N-ethyl adjacent to an activating group) is 1. The number of aromatic nitrogens is 2. The number of anilines is 2. The molecule has 2 atom stereocenters. The van der Waals surface area contributed by atoms with Gasteiger partial charge in [-0.2, -0.15) is 0 Å². The molecule has 0 unspecified atom stereocenters. The van der Waals surface area contributed by atoms with E-state index >= 15 is 0 Å². The molecule has 0 bridgehead atoms. The first-order chi connectivity index (χ1) is 17.8. The lowest BCUT2D eigenvalue weighted by atomic mass is 10.2. The fraction of sp³-hybridized carbons (Fsp3) is 0.828. The lowest BCUT2D eigenvalue weighted by molar-refractivity contribution is -0.677. The first-order valence-corrected chi connectivity index (χ1v) is 17.0. The Kier molecular flexibility index (Phi) is 8.39. The van der Waals surface area contributed by atoms with E-state index in [1.54, 1.807) is 0 Å². The van der Waals surface area contributed by atoms with Crippen molar-refractivity contribution in [2.24, 2.45) is 0 Å². The van der Waals surface area contributed by atoms with Gasteiger partial charge in [0.1, 0.15) is 23.8 Å². The fourth-order valence-electron chi connectivity index (χ4n) is 7.38. The molecule has 1 fully saturated rings. The second-order valence-corrected chi connectivity index (χ2v) is 18.9. The summed E-state index contributed by atoms with van der Waals surface area (Å²) in [7, 11) is -2.11. The number of carbonyl (C=O) groups excluding carboxylic acids is 1. The molecule has 8 nitrogen and oxygen atoms in total. The Morgan fingerprint density at radius 1 is 1.16 bits per heavy atom. The van der Waals surface area contributed by atoms with Crippen molar-refractivity contribution < 1.29 is 18.5 Å². The summed E-state index contributed by atoms with van der Waals surface area (Å²) in [5.74, 6) is 2.24. The molecule has 4 rings (SSSR count). The molecule has 1 aromatic rings. The predicted octanol–water partition coefficient (Wildman–Crippen LogP) is 5.49. The van der Waals surface area contributed by atoms with Crippen LogP contribution in [0.15, 0.2) is 6.33 Å². The van der Waals surface area contributed by atoms with Gasteiger partial charge < -0.3 is 14.1 Å². The van der Waals surface area contributed by atoms with Crippen molar-refractivity contribution in [3.05, 3.63) is 11.9 Å². The van der Waals surface area contributed by atoms with Crippen LogP contribution in [-0.2, 0) is 22.3 Å². The first kappa shape index (κ1) is 29.1. The van der Waals surface area contributed by atoms with Crippen molar-refractivity contribution in [1.82, 2.24) is 9.88 Å². The van der Waals surface area contributed by atoms with E-state index in [1.807, 2.05) is 32.0 Å². The Hall–Kier alpha value is -1.87. The number of carbonyl (C=O) groups is 1. The topological polar surface area (TPSA) is 62.0 Å². The van der Waals surface area contributed by atoms with Crippen LogP contribution >= 0.6 is 0 Å². The maximum Gasteiger partial charge on any atom is 0.410 e. The molecule has 0 spiro atoms. The van der Waals surface area contributed by atoms with Crippen LogP contribution in [0.4, 0.5) is 16.4 Å². The average molecular weight is 547 g/mol. The van der Waals surface area contributed by atoms with Crippen molar-refractivity contribution in [3.8, 4) is 0 Å². The lowest BCUT2D eigenvalue weighted by Crippen LogP contribution is -2.54. The van der Waals surface area contributed by atoms with E-state index in [2.05, 4.69) is 62.8 Å². The highest BCUT2D eigenvalue weighted by Gasteiger charge is 2.48. The molecular weight excluding hydrogens is 494 g/mol. The highest BCUT2D eigenvalue weighted by atomic mass is 28.4. The zero-order chi connectivity index (χ0) is 28.0. The monoisotopic (exact) mass is 546 g/mol. The smallest absolute Gasteiger partial charge is 0.410 e. The predicted molar refractivity (Wildman–Crippen MR) is 155 cm³/mol. The van der Waals surface area contributed by atoms with E-state index in [-0.39, 0.29) is 12.1 Å². The largest absolute Gasteiger partial charge is 0.444 e. The number of ether oxygens (including phenoxy) is 1. The summed E-state index contributed by atoms with van der Waals surface area (Å²) in [5, 5.41) is 0. The molecule has 0 N–H and O–H groups in total. The van der Waals surface area contributed by atoms with Crippen LogP contribution in [0.2, 0.25) is 16.6 Å². The molecule has 1 aromatic heterocycles. The minimum Gasteiger partial charge on any atom is -0.444 e. The standard InChI is InChI=1S/C29H52N5O3Si/c1-11-31-16-24(18-36-38(20(2)3,21(4)5)22(6)7)34(28(35)37-29(8,9)10)17-25-26(31)30-19-32-15-23-13-12-14-33(23)27(25)32/h19-24H,11-18H2,1-10H3/q+1/t23-,24-/m0/s1. The maximum atomic E-state index is 13.8. The maximum absolute atomic E-state index is 13.8. The molecule has 0 radical (unpaired) electrons. The van der Waals surface area contributed by atoms with Gasteiger partial charge in [-0.25, -0.2) is 9.36 Å². The Morgan fingerprint density at radius 2 is 1.82 bits per heavy atom.